The maximum Gasteiger partial charge on any atom is 0.328 e. The van der Waals surface area contributed by atoms with Gasteiger partial charge >= 0.3 is 11.9 Å². The predicted octanol–water partition coefficient (Wildman–Crippen LogP) is -2.08. The molecule has 0 aliphatic heterocycles. The lowest BCUT2D eigenvalue weighted by Gasteiger charge is -2.25. The Morgan fingerprint density at radius 1 is 0.946 bits per heavy atom. The highest BCUT2D eigenvalue weighted by molar-refractivity contribution is 5.95. The Kier molecular flexibility index (Phi) is 10.7. The van der Waals surface area contributed by atoms with Gasteiger partial charge in [-0.1, -0.05) is 30.3 Å². The summed E-state index contributed by atoms with van der Waals surface area (Å²) in [5.74, 6) is -5.36. The third-order valence-corrected chi connectivity index (χ3v) is 5.31. The third-order valence-electron chi connectivity index (χ3n) is 5.31. The number of rotatable bonds is 14. The van der Waals surface area contributed by atoms with Crippen molar-refractivity contribution in [2.45, 2.75) is 56.5 Å². The van der Waals surface area contributed by atoms with Crippen LogP contribution in [0.25, 0.3) is 0 Å². The van der Waals surface area contributed by atoms with E-state index in [0.29, 0.717) is 11.3 Å². The van der Waals surface area contributed by atoms with Crippen LogP contribution < -0.4 is 21.7 Å². The number of hydrogen-bond donors (Lipinski definition) is 8. The minimum atomic E-state index is -1.64. The van der Waals surface area contributed by atoms with Crippen molar-refractivity contribution >= 4 is 29.7 Å². The average Bonchev–Trinajstić information content (AvgIpc) is 3.34. The Morgan fingerprint density at radius 2 is 1.54 bits per heavy atom. The second kappa shape index (κ2) is 13.7. The van der Waals surface area contributed by atoms with E-state index in [1.54, 1.807) is 30.3 Å². The van der Waals surface area contributed by atoms with Crippen molar-refractivity contribution in [3.05, 3.63) is 54.1 Å². The SMILES string of the molecule is CC(O)C(NC(=O)C(Cc1cnc[nH]1)NC(=O)C(Cc1ccccc1)NC(=O)C(N)CC(=O)O)C(=O)O. The highest BCUT2D eigenvalue weighted by atomic mass is 16.4. The summed E-state index contributed by atoms with van der Waals surface area (Å²) in [6, 6.07) is 2.98. The van der Waals surface area contributed by atoms with Crippen LogP contribution in [0.1, 0.15) is 24.6 Å². The fraction of sp³-hybridized carbons (Fsp3) is 0.391. The maximum atomic E-state index is 13.3. The molecule has 0 saturated heterocycles. The molecule has 14 nitrogen and oxygen atoms in total. The van der Waals surface area contributed by atoms with Gasteiger partial charge in [0.05, 0.1) is 24.9 Å². The van der Waals surface area contributed by atoms with Gasteiger partial charge < -0.3 is 42.0 Å². The van der Waals surface area contributed by atoms with Gasteiger partial charge in [0, 0.05) is 24.7 Å². The second-order valence-corrected chi connectivity index (χ2v) is 8.36. The van der Waals surface area contributed by atoms with Crippen LogP contribution >= 0.6 is 0 Å². The molecule has 0 saturated carbocycles. The van der Waals surface area contributed by atoms with Crippen LogP contribution in [0.5, 0.6) is 0 Å². The highest BCUT2D eigenvalue weighted by Gasteiger charge is 2.32. The number of carbonyl (C=O) groups is 5. The number of aliphatic carboxylic acids is 2. The molecular formula is C23H30N6O8. The number of H-pyrrole nitrogens is 1. The van der Waals surface area contributed by atoms with E-state index in [1.807, 2.05) is 0 Å². The Bertz CT molecular complexity index is 1080. The number of aliphatic hydroxyl groups is 1. The van der Waals surface area contributed by atoms with E-state index in [9.17, 15) is 34.2 Å². The Morgan fingerprint density at radius 3 is 2.08 bits per heavy atom. The number of aliphatic hydroxyl groups excluding tert-OH is 1. The monoisotopic (exact) mass is 518 g/mol. The van der Waals surface area contributed by atoms with Gasteiger partial charge in [-0.3, -0.25) is 19.2 Å². The molecule has 0 fully saturated rings. The summed E-state index contributed by atoms with van der Waals surface area (Å²) in [5.41, 5.74) is 6.73. The number of nitrogens with two attached hydrogens (primary N) is 1. The number of carboxylic acids is 2. The van der Waals surface area contributed by atoms with Crippen LogP contribution in [0.3, 0.4) is 0 Å². The molecule has 200 valence electrons. The largest absolute Gasteiger partial charge is 0.481 e. The number of carboxylic acid groups (broad SMARTS) is 2. The average molecular weight is 519 g/mol. The molecule has 5 unspecified atom stereocenters. The van der Waals surface area contributed by atoms with E-state index in [1.165, 1.54) is 19.4 Å². The summed E-state index contributed by atoms with van der Waals surface area (Å²) in [6.07, 6.45) is 0.544. The normalized spacial score (nSPS) is 14.9. The van der Waals surface area contributed by atoms with Crippen molar-refractivity contribution in [1.29, 1.82) is 0 Å². The number of hydrogen-bond acceptors (Lipinski definition) is 8. The number of aromatic nitrogens is 2. The molecular weight excluding hydrogens is 488 g/mol. The van der Waals surface area contributed by atoms with Crippen LogP contribution in [-0.4, -0.2) is 85.2 Å². The van der Waals surface area contributed by atoms with Crippen LogP contribution in [0.2, 0.25) is 0 Å². The number of nitrogens with one attached hydrogen (secondary N) is 4. The zero-order valence-electron chi connectivity index (χ0n) is 20.0. The third kappa shape index (κ3) is 9.35. The summed E-state index contributed by atoms with van der Waals surface area (Å²) in [4.78, 5) is 67.7. The van der Waals surface area contributed by atoms with Crippen molar-refractivity contribution in [2.75, 3.05) is 0 Å². The molecule has 2 aromatic rings. The van der Waals surface area contributed by atoms with Gasteiger partial charge in [0.2, 0.25) is 17.7 Å². The van der Waals surface area contributed by atoms with E-state index in [0.717, 1.165) is 0 Å². The van der Waals surface area contributed by atoms with Crippen molar-refractivity contribution in [3.63, 3.8) is 0 Å². The lowest BCUT2D eigenvalue weighted by atomic mass is 10.0. The smallest absolute Gasteiger partial charge is 0.328 e. The summed E-state index contributed by atoms with van der Waals surface area (Å²) >= 11 is 0. The minimum Gasteiger partial charge on any atom is -0.481 e. The van der Waals surface area contributed by atoms with Crippen molar-refractivity contribution in [3.8, 4) is 0 Å². The summed E-state index contributed by atoms with van der Waals surface area (Å²) < 4.78 is 0. The van der Waals surface area contributed by atoms with Gasteiger partial charge in [-0.15, -0.1) is 0 Å². The van der Waals surface area contributed by atoms with E-state index in [-0.39, 0.29) is 12.8 Å². The topological polar surface area (TPSA) is 237 Å². The first-order chi connectivity index (χ1) is 17.5. The fourth-order valence-electron chi connectivity index (χ4n) is 3.36. The van der Waals surface area contributed by atoms with Gasteiger partial charge in [0.1, 0.15) is 12.1 Å². The van der Waals surface area contributed by atoms with Crippen molar-refractivity contribution in [1.82, 2.24) is 25.9 Å². The lowest BCUT2D eigenvalue weighted by molar-refractivity contribution is -0.145. The van der Waals surface area contributed by atoms with E-state index in [4.69, 9.17) is 10.8 Å². The Hall–Kier alpha value is -4.30. The van der Waals surface area contributed by atoms with Crippen LogP contribution in [0, 0.1) is 0 Å². The first-order valence-electron chi connectivity index (χ1n) is 11.3. The fourth-order valence-corrected chi connectivity index (χ4v) is 3.36. The number of imidazole rings is 1. The molecule has 3 amide bonds. The highest BCUT2D eigenvalue weighted by Crippen LogP contribution is 2.07. The zero-order chi connectivity index (χ0) is 27.5. The number of benzene rings is 1. The maximum absolute atomic E-state index is 13.3. The van der Waals surface area contributed by atoms with Crippen LogP contribution in [0.15, 0.2) is 42.9 Å². The second-order valence-electron chi connectivity index (χ2n) is 8.36. The van der Waals surface area contributed by atoms with Gasteiger partial charge in [0.15, 0.2) is 6.04 Å². The molecule has 2 rings (SSSR count). The predicted molar refractivity (Wildman–Crippen MR) is 128 cm³/mol. The first-order valence-corrected chi connectivity index (χ1v) is 11.3. The molecule has 0 aliphatic rings. The van der Waals surface area contributed by atoms with Gasteiger partial charge in [-0.25, -0.2) is 9.78 Å². The van der Waals surface area contributed by atoms with Crippen molar-refractivity contribution < 1.29 is 39.3 Å². The molecule has 0 bridgehead atoms. The molecule has 5 atom stereocenters. The molecule has 1 heterocycles. The number of aromatic amines is 1. The lowest BCUT2D eigenvalue weighted by Crippen LogP contribution is -2.59. The molecule has 0 spiro atoms. The Labute approximate surface area is 211 Å². The molecule has 1 aromatic heterocycles. The zero-order valence-corrected chi connectivity index (χ0v) is 20.0. The quantitative estimate of drug-likeness (QED) is 0.136. The Balaban J connectivity index is 2.27. The standard InChI is InChI=1S/C23H30N6O8/c1-12(30)19(23(36)37)29-22(35)17(8-14-10-25-11-26-14)28-21(34)16(7-13-5-3-2-4-6-13)27-20(33)15(24)9-18(31)32/h2-6,10-12,15-17,19,30H,7-9,24H2,1H3,(H,25,26)(H,27,33)(H,28,34)(H,29,35)(H,31,32)(H,36,37). The summed E-state index contributed by atoms with van der Waals surface area (Å²) in [6.45, 7) is 1.19. The van der Waals surface area contributed by atoms with E-state index >= 15 is 0 Å². The van der Waals surface area contributed by atoms with Crippen LogP contribution in [-0.2, 0) is 36.8 Å². The molecule has 14 heteroatoms. The van der Waals surface area contributed by atoms with Gasteiger partial charge in [-0.05, 0) is 12.5 Å². The summed E-state index contributed by atoms with van der Waals surface area (Å²) in [5, 5.41) is 35.0. The van der Waals surface area contributed by atoms with E-state index < -0.39 is 66.4 Å². The van der Waals surface area contributed by atoms with Gasteiger partial charge in [0.25, 0.3) is 0 Å². The van der Waals surface area contributed by atoms with Gasteiger partial charge in [-0.2, -0.15) is 0 Å². The van der Waals surface area contributed by atoms with Crippen LogP contribution in [0.4, 0.5) is 0 Å². The minimum absolute atomic E-state index is 0.0119. The number of amides is 3. The molecule has 0 aliphatic carbocycles. The molecule has 9 N–H and O–H groups in total. The first kappa shape index (κ1) is 28.9. The van der Waals surface area contributed by atoms with Crippen molar-refractivity contribution in [2.24, 2.45) is 5.73 Å². The molecule has 37 heavy (non-hydrogen) atoms. The molecule has 0 radical (unpaired) electrons. The number of carbonyl (C=O) groups excluding carboxylic acids is 3. The number of nitrogens with zero attached hydrogens (tertiary/aromatic N) is 1. The van der Waals surface area contributed by atoms with E-state index in [2.05, 4.69) is 25.9 Å². The summed E-state index contributed by atoms with van der Waals surface area (Å²) in [7, 11) is 0. The molecule has 1 aromatic carbocycles.